The molecule has 1 aliphatic heterocycles. The van der Waals surface area contributed by atoms with Gasteiger partial charge in [0.15, 0.2) is 0 Å². The predicted molar refractivity (Wildman–Crippen MR) is 94.5 cm³/mol. The highest BCUT2D eigenvalue weighted by Gasteiger charge is 2.29. The van der Waals surface area contributed by atoms with Crippen LogP contribution < -0.4 is 16.0 Å². The molecule has 138 valence electrons. The highest BCUT2D eigenvalue weighted by atomic mass is 19.1. The molecule has 1 fully saturated rings. The minimum atomic E-state index is -0.538. The Labute approximate surface area is 148 Å². The molecule has 1 heterocycles. The Morgan fingerprint density at radius 1 is 1.36 bits per heavy atom. The zero-order chi connectivity index (χ0) is 18.2. The van der Waals surface area contributed by atoms with Gasteiger partial charge in [-0.15, -0.1) is 0 Å². The van der Waals surface area contributed by atoms with E-state index in [2.05, 4.69) is 16.0 Å². The lowest BCUT2D eigenvalue weighted by molar-refractivity contribution is -0.133. The average Bonchev–Trinajstić information content (AvgIpc) is 3.14. The Morgan fingerprint density at radius 2 is 2.08 bits per heavy atom. The molecule has 3 N–H and O–H groups in total. The van der Waals surface area contributed by atoms with E-state index in [0.29, 0.717) is 6.42 Å². The molecule has 0 radical (unpaired) electrons. The Morgan fingerprint density at radius 3 is 2.68 bits per heavy atom. The van der Waals surface area contributed by atoms with Crippen LogP contribution in [0.25, 0.3) is 0 Å². The number of nitrogens with zero attached hydrogens (tertiary/aromatic N) is 1. The van der Waals surface area contributed by atoms with E-state index in [9.17, 15) is 14.0 Å². The number of urea groups is 1. The first kappa shape index (κ1) is 19.2. The van der Waals surface area contributed by atoms with Gasteiger partial charge in [-0.25, -0.2) is 9.18 Å². The Kier molecular flexibility index (Phi) is 7.18. The van der Waals surface area contributed by atoms with Crippen LogP contribution in [0.15, 0.2) is 24.3 Å². The summed E-state index contributed by atoms with van der Waals surface area (Å²) in [5.41, 5.74) is 0.795. The number of rotatable bonds is 7. The van der Waals surface area contributed by atoms with Crippen molar-refractivity contribution in [1.29, 1.82) is 0 Å². The molecule has 0 bridgehead atoms. The lowest BCUT2D eigenvalue weighted by Crippen LogP contribution is -2.52. The van der Waals surface area contributed by atoms with Crippen LogP contribution in [-0.2, 0) is 11.3 Å². The first-order valence-electron chi connectivity index (χ1n) is 8.77. The predicted octanol–water partition coefficient (Wildman–Crippen LogP) is 1.61. The number of halogens is 1. The largest absolute Gasteiger partial charge is 0.340 e. The maximum atomic E-state index is 12.9. The zero-order valence-electron chi connectivity index (χ0n) is 14.8. The number of nitrogens with one attached hydrogen (secondary N) is 3. The Hall–Kier alpha value is -2.15. The molecule has 0 aliphatic carbocycles. The van der Waals surface area contributed by atoms with E-state index in [0.717, 1.165) is 31.5 Å². The van der Waals surface area contributed by atoms with Gasteiger partial charge >= 0.3 is 6.03 Å². The van der Waals surface area contributed by atoms with Crippen LogP contribution in [0.4, 0.5) is 9.18 Å². The van der Waals surface area contributed by atoms with Gasteiger partial charge in [0, 0.05) is 26.2 Å². The van der Waals surface area contributed by atoms with E-state index < -0.39 is 12.1 Å². The van der Waals surface area contributed by atoms with Crippen molar-refractivity contribution in [2.45, 2.75) is 44.8 Å². The molecule has 1 aromatic carbocycles. The van der Waals surface area contributed by atoms with Gasteiger partial charge in [0.05, 0.1) is 0 Å². The summed E-state index contributed by atoms with van der Waals surface area (Å²) in [4.78, 5) is 26.6. The monoisotopic (exact) mass is 350 g/mol. The number of amides is 3. The summed E-state index contributed by atoms with van der Waals surface area (Å²) in [7, 11) is 1.79. The molecule has 3 amide bonds. The van der Waals surface area contributed by atoms with Gasteiger partial charge in [-0.2, -0.15) is 0 Å². The topological polar surface area (TPSA) is 73.5 Å². The molecule has 0 saturated carbocycles. The number of carbonyl (C=O) groups is 2. The van der Waals surface area contributed by atoms with E-state index >= 15 is 0 Å². The molecular weight excluding hydrogens is 323 g/mol. The first-order valence-corrected chi connectivity index (χ1v) is 8.77. The lowest BCUT2D eigenvalue weighted by Gasteiger charge is -2.28. The molecule has 2 atom stereocenters. The highest BCUT2D eigenvalue weighted by molar-refractivity contribution is 5.87. The van der Waals surface area contributed by atoms with Crippen LogP contribution >= 0.6 is 0 Å². The Balaban J connectivity index is 1.87. The summed E-state index contributed by atoms with van der Waals surface area (Å²) < 4.78 is 12.9. The molecule has 1 aliphatic rings. The van der Waals surface area contributed by atoms with Gasteiger partial charge in [0.25, 0.3) is 0 Å². The van der Waals surface area contributed by atoms with Crippen molar-refractivity contribution in [3.05, 3.63) is 35.6 Å². The second-order valence-electron chi connectivity index (χ2n) is 6.39. The standard InChI is InChI=1S/C18H27FN4O2/c1-3-4-16(17(24)23(2)15-9-10-20-12-15)22-18(25)21-11-13-5-7-14(19)8-6-13/h5-8,15-16,20H,3-4,9-12H2,1-2H3,(H2,21,22,25). The molecule has 2 rings (SSSR count). The molecule has 7 heteroatoms. The fourth-order valence-electron chi connectivity index (χ4n) is 2.94. The molecule has 25 heavy (non-hydrogen) atoms. The van der Waals surface area contributed by atoms with Crippen molar-refractivity contribution in [3.63, 3.8) is 0 Å². The number of likely N-dealkylation sites (N-methyl/N-ethyl adjacent to an activating group) is 1. The van der Waals surface area contributed by atoms with Crippen molar-refractivity contribution in [2.75, 3.05) is 20.1 Å². The summed E-state index contributed by atoms with van der Waals surface area (Å²) in [5, 5.41) is 8.72. The number of hydrogen-bond donors (Lipinski definition) is 3. The minimum absolute atomic E-state index is 0.0625. The summed E-state index contributed by atoms with van der Waals surface area (Å²) in [5.74, 6) is -0.376. The molecule has 6 nitrogen and oxygen atoms in total. The molecule has 0 spiro atoms. The van der Waals surface area contributed by atoms with Gasteiger partial charge in [-0.3, -0.25) is 4.79 Å². The van der Waals surface area contributed by atoms with E-state index in [1.807, 2.05) is 6.92 Å². The fraction of sp³-hybridized carbons (Fsp3) is 0.556. The average molecular weight is 350 g/mol. The van der Waals surface area contributed by atoms with Gasteiger partial charge in [0.1, 0.15) is 11.9 Å². The third-order valence-electron chi connectivity index (χ3n) is 4.48. The second kappa shape index (κ2) is 9.36. The normalized spacial score (nSPS) is 17.8. The lowest BCUT2D eigenvalue weighted by atomic mass is 10.1. The van der Waals surface area contributed by atoms with Crippen molar-refractivity contribution in [1.82, 2.24) is 20.9 Å². The number of hydrogen-bond acceptors (Lipinski definition) is 3. The molecule has 0 aromatic heterocycles. The van der Waals surface area contributed by atoms with Gasteiger partial charge < -0.3 is 20.9 Å². The quantitative estimate of drug-likeness (QED) is 0.700. The van der Waals surface area contributed by atoms with Crippen molar-refractivity contribution in [3.8, 4) is 0 Å². The van der Waals surface area contributed by atoms with Crippen molar-refractivity contribution >= 4 is 11.9 Å². The van der Waals surface area contributed by atoms with E-state index in [-0.39, 0.29) is 24.3 Å². The van der Waals surface area contributed by atoms with Crippen LogP contribution in [0, 0.1) is 5.82 Å². The molecular formula is C18H27FN4O2. The van der Waals surface area contributed by atoms with Crippen molar-refractivity contribution in [2.24, 2.45) is 0 Å². The maximum Gasteiger partial charge on any atom is 0.315 e. The van der Waals surface area contributed by atoms with Crippen LogP contribution in [0.3, 0.4) is 0 Å². The van der Waals surface area contributed by atoms with Crippen LogP contribution in [-0.4, -0.2) is 49.1 Å². The minimum Gasteiger partial charge on any atom is -0.340 e. The fourth-order valence-corrected chi connectivity index (χ4v) is 2.94. The van der Waals surface area contributed by atoms with Crippen molar-refractivity contribution < 1.29 is 14.0 Å². The Bertz CT molecular complexity index is 573. The highest BCUT2D eigenvalue weighted by Crippen LogP contribution is 2.10. The summed E-state index contributed by atoms with van der Waals surface area (Å²) >= 11 is 0. The zero-order valence-corrected chi connectivity index (χ0v) is 14.8. The number of carbonyl (C=O) groups excluding carboxylic acids is 2. The molecule has 1 saturated heterocycles. The summed E-state index contributed by atoms with van der Waals surface area (Å²) in [6, 6.07) is 5.18. The van der Waals surface area contributed by atoms with E-state index in [1.54, 1.807) is 24.1 Å². The summed E-state index contributed by atoms with van der Waals surface area (Å²) in [6.45, 7) is 3.96. The summed E-state index contributed by atoms with van der Waals surface area (Å²) in [6.07, 6.45) is 2.32. The SMILES string of the molecule is CCCC(NC(=O)NCc1ccc(F)cc1)C(=O)N(C)C1CCNC1. The van der Waals surface area contributed by atoms with Gasteiger partial charge in [-0.05, 0) is 37.1 Å². The van der Waals surface area contributed by atoms with E-state index in [4.69, 9.17) is 0 Å². The van der Waals surface area contributed by atoms with E-state index in [1.165, 1.54) is 12.1 Å². The number of benzene rings is 1. The second-order valence-corrected chi connectivity index (χ2v) is 6.39. The van der Waals surface area contributed by atoms with Crippen LogP contribution in [0.1, 0.15) is 31.7 Å². The first-order chi connectivity index (χ1) is 12.0. The van der Waals surface area contributed by atoms with Gasteiger partial charge in [0.2, 0.25) is 5.91 Å². The molecule has 1 aromatic rings. The smallest absolute Gasteiger partial charge is 0.315 e. The third-order valence-corrected chi connectivity index (χ3v) is 4.48. The molecule has 2 unspecified atom stereocenters. The maximum absolute atomic E-state index is 12.9. The third kappa shape index (κ3) is 5.70. The van der Waals surface area contributed by atoms with Crippen LogP contribution in [0.2, 0.25) is 0 Å². The van der Waals surface area contributed by atoms with Crippen LogP contribution in [0.5, 0.6) is 0 Å². The van der Waals surface area contributed by atoms with Gasteiger partial charge in [-0.1, -0.05) is 25.5 Å².